The highest BCUT2D eigenvalue weighted by atomic mass is 35.5. The van der Waals surface area contributed by atoms with Crippen LogP contribution in [0.5, 0.6) is 5.75 Å². The Labute approximate surface area is 142 Å². The maximum Gasteiger partial charge on any atom is 0.257 e. The predicted octanol–water partition coefficient (Wildman–Crippen LogP) is 2.82. The standard InChI is InChI=1S/C17H23ClN2O3/c1-13(21)20-9-4-3-8-19(2)17(22)15-12-14(18)6-7-16(15)23-11-5-10-20/h6-7,12H,3-5,8-11H2,1-2H3. The Morgan fingerprint density at radius 2 is 1.87 bits per heavy atom. The van der Waals surface area contributed by atoms with Crippen molar-refractivity contribution in [2.75, 3.05) is 33.3 Å². The van der Waals surface area contributed by atoms with Crippen LogP contribution in [0.3, 0.4) is 0 Å². The van der Waals surface area contributed by atoms with Crippen LogP contribution in [-0.4, -0.2) is 54.9 Å². The first-order chi connectivity index (χ1) is 11.0. The smallest absolute Gasteiger partial charge is 0.257 e. The zero-order valence-electron chi connectivity index (χ0n) is 13.7. The zero-order chi connectivity index (χ0) is 16.8. The maximum atomic E-state index is 12.6. The lowest BCUT2D eigenvalue weighted by atomic mass is 10.1. The van der Waals surface area contributed by atoms with E-state index < -0.39 is 0 Å². The van der Waals surface area contributed by atoms with Crippen LogP contribution >= 0.6 is 11.6 Å². The van der Waals surface area contributed by atoms with Crippen LogP contribution in [0.15, 0.2) is 18.2 Å². The first-order valence-electron chi connectivity index (χ1n) is 7.92. The van der Waals surface area contributed by atoms with Crippen molar-refractivity contribution in [2.24, 2.45) is 0 Å². The molecule has 0 N–H and O–H groups in total. The van der Waals surface area contributed by atoms with Gasteiger partial charge in [0.1, 0.15) is 5.75 Å². The summed E-state index contributed by atoms with van der Waals surface area (Å²) in [6.45, 7) is 4.07. The highest BCUT2D eigenvalue weighted by Crippen LogP contribution is 2.24. The number of carbonyl (C=O) groups is 2. The molecule has 0 fully saturated rings. The summed E-state index contributed by atoms with van der Waals surface area (Å²) in [4.78, 5) is 27.7. The summed E-state index contributed by atoms with van der Waals surface area (Å²) >= 11 is 6.02. The van der Waals surface area contributed by atoms with Gasteiger partial charge in [0.2, 0.25) is 5.91 Å². The number of rotatable bonds is 0. The highest BCUT2D eigenvalue weighted by molar-refractivity contribution is 6.31. The molecule has 0 unspecified atom stereocenters. The molecule has 2 amide bonds. The normalized spacial score (nSPS) is 17.4. The zero-order valence-corrected chi connectivity index (χ0v) is 14.4. The van der Waals surface area contributed by atoms with Gasteiger partial charge < -0.3 is 14.5 Å². The topological polar surface area (TPSA) is 49.9 Å². The summed E-state index contributed by atoms with van der Waals surface area (Å²) in [6, 6.07) is 5.09. The van der Waals surface area contributed by atoms with Gasteiger partial charge in [0.25, 0.3) is 5.91 Å². The molecule has 1 aliphatic heterocycles. The first kappa shape index (κ1) is 17.6. The number of benzene rings is 1. The number of hydrogen-bond donors (Lipinski definition) is 0. The predicted molar refractivity (Wildman–Crippen MR) is 90.0 cm³/mol. The molecule has 0 bridgehead atoms. The highest BCUT2D eigenvalue weighted by Gasteiger charge is 2.18. The van der Waals surface area contributed by atoms with Gasteiger partial charge in [0.15, 0.2) is 0 Å². The van der Waals surface area contributed by atoms with Crippen LogP contribution in [-0.2, 0) is 4.79 Å². The molecule has 1 aliphatic rings. The molecule has 2 rings (SSSR count). The van der Waals surface area contributed by atoms with Crippen LogP contribution in [0.25, 0.3) is 0 Å². The van der Waals surface area contributed by atoms with Gasteiger partial charge in [-0.05, 0) is 37.5 Å². The van der Waals surface area contributed by atoms with Crippen molar-refractivity contribution >= 4 is 23.4 Å². The molecule has 0 radical (unpaired) electrons. The minimum Gasteiger partial charge on any atom is -0.493 e. The van der Waals surface area contributed by atoms with Crippen molar-refractivity contribution in [2.45, 2.75) is 26.2 Å². The molecule has 0 aromatic heterocycles. The SMILES string of the molecule is CC(=O)N1CCCCN(C)C(=O)c2cc(Cl)ccc2OCCC1. The van der Waals surface area contributed by atoms with E-state index in [1.54, 1.807) is 37.1 Å². The Kier molecular flexibility index (Phi) is 6.28. The van der Waals surface area contributed by atoms with E-state index in [2.05, 4.69) is 0 Å². The van der Waals surface area contributed by atoms with Gasteiger partial charge in [-0.15, -0.1) is 0 Å². The summed E-state index contributed by atoms with van der Waals surface area (Å²) in [5.41, 5.74) is 0.489. The van der Waals surface area contributed by atoms with Crippen molar-refractivity contribution < 1.29 is 14.3 Å². The maximum absolute atomic E-state index is 12.6. The van der Waals surface area contributed by atoms with Crippen LogP contribution in [0.4, 0.5) is 0 Å². The number of hydrogen-bond acceptors (Lipinski definition) is 3. The van der Waals surface area contributed by atoms with E-state index in [1.807, 2.05) is 4.90 Å². The fourth-order valence-electron chi connectivity index (χ4n) is 2.62. The average Bonchev–Trinajstić information content (AvgIpc) is 2.53. The van der Waals surface area contributed by atoms with Crippen LogP contribution in [0, 0.1) is 0 Å². The molecule has 0 saturated heterocycles. The molecule has 23 heavy (non-hydrogen) atoms. The molecule has 6 heteroatoms. The minimum absolute atomic E-state index is 0.0801. The van der Waals surface area contributed by atoms with Crippen molar-refractivity contribution in [1.29, 1.82) is 0 Å². The first-order valence-corrected chi connectivity index (χ1v) is 8.30. The van der Waals surface area contributed by atoms with Crippen molar-refractivity contribution in [3.8, 4) is 5.75 Å². The van der Waals surface area contributed by atoms with Crippen molar-refractivity contribution in [3.63, 3.8) is 0 Å². The third-order valence-electron chi connectivity index (χ3n) is 3.97. The Morgan fingerprint density at radius 1 is 1.17 bits per heavy atom. The largest absolute Gasteiger partial charge is 0.493 e. The molecule has 0 aliphatic carbocycles. The number of fused-ring (bicyclic) bond motifs is 1. The van der Waals surface area contributed by atoms with Crippen molar-refractivity contribution in [1.82, 2.24) is 9.80 Å². The summed E-state index contributed by atoms with van der Waals surface area (Å²) < 4.78 is 5.76. The molecule has 0 spiro atoms. The fraction of sp³-hybridized carbons (Fsp3) is 0.529. The third-order valence-corrected chi connectivity index (χ3v) is 4.20. The average molecular weight is 339 g/mol. The van der Waals surface area contributed by atoms with Gasteiger partial charge in [0.05, 0.1) is 12.2 Å². The Hall–Kier alpha value is -1.75. The Balaban J connectivity index is 2.19. The van der Waals surface area contributed by atoms with Gasteiger partial charge in [-0.1, -0.05) is 11.6 Å². The molecule has 1 aromatic carbocycles. The number of ether oxygens (including phenoxy) is 1. The van der Waals surface area contributed by atoms with Crippen LogP contribution < -0.4 is 4.74 Å². The van der Waals surface area contributed by atoms with Gasteiger partial charge in [-0.25, -0.2) is 0 Å². The molecule has 0 atom stereocenters. The van der Waals surface area contributed by atoms with Gasteiger partial charge in [0, 0.05) is 38.6 Å². The van der Waals surface area contributed by atoms with E-state index in [4.69, 9.17) is 16.3 Å². The molecule has 1 heterocycles. The number of amides is 2. The third kappa shape index (κ3) is 4.86. The minimum atomic E-state index is -0.0924. The van der Waals surface area contributed by atoms with E-state index >= 15 is 0 Å². The summed E-state index contributed by atoms with van der Waals surface area (Å²) in [7, 11) is 1.77. The molecular weight excluding hydrogens is 316 g/mol. The van der Waals surface area contributed by atoms with Crippen molar-refractivity contribution in [3.05, 3.63) is 28.8 Å². The quantitative estimate of drug-likeness (QED) is 0.731. The van der Waals surface area contributed by atoms with E-state index in [9.17, 15) is 9.59 Å². The monoisotopic (exact) mass is 338 g/mol. The fourth-order valence-corrected chi connectivity index (χ4v) is 2.79. The van der Waals surface area contributed by atoms with E-state index in [0.717, 1.165) is 25.8 Å². The van der Waals surface area contributed by atoms with E-state index in [0.29, 0.717) is 36.0 Å². The van der Waals surface area contributed by atoms with E-state index in [1.165, 1.54) is 0 Å². The molecule has 126 valence electrons. The molecule has 0 saturated carbocycles. The molecule has 5 nitrogen and oxygen atoms in total. The Bertz CT molecular complexity index is 577. The lowest BCUT2D eigenvalue weighted by Crippen LogP contribution is -2.32. The second kappa shape index (κ2) is 8.20. The summed E-state index contributed by atoms with van der Waals surface area (Å²) in [5, 5.41) is 0.515. The Morgan fingerprint density at radius 3 is 2.61 bits per heavy atom. The van der Waals surface area contributed by atoms with Gasteiger partial charge >= 0.3 is 0 Å². The van der Waals surface area contributed by atoms with Gasteiger partial charge in [-0.3, -0.25) is 9.59 Å². The number of nitrogens with zero attached hydrogens (tertiary/aromatic N) is 2. The molecule has 1 aromatic rings. The second-order valence-corrected chi connectivity index (χ2v) is 6.22. The summed E-state index contributed by atoms with van der Waals surface area (Å²) in [5.74, 6) is 0.529. The lowest BCUT2D eigenvalue weighted by molar-refractivity contribution is -0.129. The number of carbonyl (C=O) groups excluding carboxylic acids is 2. The molecular formula is C17H23ClN2O3. The van der Waals surface area contributed by atoms with Crippen LogP contribution in [0.2, 0.25) is 5.02 Å². The second-order valence-electron chi connectivity index (χ2n) is 5.78. The van der Waals surface area contributed by atoms with E-state index in [-0.39, 0.29) is 11.8 Å². The van der Waals surface area contributed by atoms with Gasteiger partial charge in [-0.2, -0.15) is 0 Å². The lowest BCUT2D eigenvalue weighted by Gasteiger charge is -2.21. The van der Waals surface area contributed by atoms with Crippen LogP contribution in [0.1, 0.15) is 36.5 Å². The number of halogens is 1. The summed E-state index contributed by atoms with van der Waals surface area (Å²) in [6.07, 6.45) is 2.45.